The maximum atomic E-state index is 13.0. The molecule has 1 unspecified atom stereocenters. The number of nitrogens with zero attached hydrogens (tertiary/aromatic N) is 3. The van der Waals surface area contributed by atoms with Gasteiger partial charge in [0.15, 0.2) is 0 Å². The molecule has 0 radical (unpaired) electrons. The molecule has 1 atom stereocenters. The van der Waals surface area contributed by atoms with Crippen molar-refractivity contribution in [1.82, 2.24) is 25.3 Å². The summed E-state index contributed by atoms with van der Waals surface area (Å²) >= 11 is 0. The Morgan fingerprint density at radius 2 is 1.83 bits per heavy atom. The molecule has 2 amide bonds. The van der Waals surface area contributed by atoms with Gasteiger partial charge in [-0.25, -0.2) is 4.68 Å². The van der Waals surface area contributed by atoms with Gasteiger partial charge < -0.3 is 10.6 Å². The van der Waals surface area contributed by atoms with Crippen LogP contribution in [0.15, 0.2) is 54.6 Å². The second-order valence-corrected chi connectivity index (χ2v) is 9.49. The molecule has 4 rings (SSSR count). The number of rotatable bonds is 8. The Balaban J connectivity index is 1.43. The molecule has 0 aliphatic carbocycles. The molecule has 1 fully saturated rings. The number of piperazine rings is 1. The van der Waals surface area contributed by atoms with Gasteiger partial charge in [0.2, 0.25) is 11.8 Å². The molecular formula is C28H35N5O2. The average Bonchev–Trinajstić information content (AvgIpc) is 3.14. The Bertz CT molecular complexity index is 1170. The molecule has 35 heavy (non-hydrogen) atoms. The summed E-state index contributed by atoms with van der Waals surface area (Å²) in [6.45, 7) is 10.1. The normalized spacial score (nSPS) is 16.4. The number of aryl methyl sites for hydroxylation is 1. The van der Waals surface area contributed by atoms with Crippen molar-refractivity contribution >= 4 is 11.8 Å². The number of hydrogen-bond donors (Lipinski definition) is 2. The van der Waals surface area contributed by atoms with E-state index in [2.05, 4.69) is 48.7 Å². The minimum Gasteiger partial charge on any atom is -0.355 e. The number of carbonyl (C=O) groups is 2. The van der Waals surface area contributed by atoms with Crippen molar-refractivity contribution in [1.29, 1.82) is 0 Å². The maximum absolute atomic E-state index is 13.0. The fourth-order valence-corrected chi connectivity index (χ4v) is 4.73. The lowest BCUT2D eigenvalue weighted by Gasteiger charge is -2.34. The fourth-order valence-electron chi connectivity index (χ4n) is 4.73. The maximum Gasteiger partial charge on any atom is 0.242 e. The van der Waals surface area contributed by atoms with Crippen LogP contribution in [0.25, 0.3) is 5.69 Å². The molecule has 1 aliphatic rings. The standard InChI is InChI=1S/C28H35N5O2/c1-19(2)23-12-10-22(11-13-23)14-15-29-25(34)18-32-17-16-30-28(35)27(32)26-20(3)31-33(21(26)4)24-8-6-5-7-9-24/h5-13,19,27H,14-18H2,1-4H3,(H,29,34)(H,30,35). The van der Waals surface area contributed by atoms with E-state index in [9.17, 15) is 9.59 Å². The van der Waals surface area contributed by atoms with Crippen LogP contribution in [0.1, 0.15) is 53.9 Å². The number of amides is 2. The van der Waals surface area contributed by atoms with E-state index in [1.54, 1.807) is 0 Å². The highest BCUT2D eigenvalue weighted by Gasteiger charge is 2.36. The van der Waals surface area contributed by atoms with Gasteiger partial charge in [0.25, 0.3) is 0 Å². The number of hydrogen-bond acceptors (Lipinski definition) is 4. The van der Waals surface area contributed by atoms with Crippen LogP contribution in [-0.4, -0.2) is 52.7 Å². The number of para-hydroxylation sites is 1. The molecular weight excluding hydrogens is 438 g/mol. The van der Waals surface area contributed by atoms with E-state index < -0.39 is 6.04 Å². The van der Waals surface area contributed by atoms with Crippen molar-refractivity contribution in [2.75, 3.05) is 26.2 Å². The molecule has 184 valence electrons. The van der Waals surface area contributed by atoms with E-state index in [0.717, 1.165) is 29.1 Å². The minimum atomic E-state index is -0.546. The summed E-state index contributed by atoms with van der Waals surface area (Å²) in [6.07, 6.45) is 0.774. The first-order valence-electron chi connectivity index (χ1n) is 12.3. The molecule has 7 nitrogen and oxygen atoms in total. The molecule has 3 aromatic rings. The van der Waals surface area contributed by atoms with Gasteiger partial charge in [-0.3, -0.25) is 14.5 Å². The summed E-state index contributed by atoms with van der Waals surface area (Å²) in [6, 6.07) is 17.9. The van der Waals surface area contributed by atoms with Crippen LogP contribution in [-0.2, 0) is 16.0 Å². The molecule has 1 aliphatic heterocycles. The van der Waals surface area contributed by atoms with Crippen LogP contribution in [0.3, 0.4) is 0 Å². The summed E-state index contributed by atoms with van der Waals surface area (Å²) in [5.41, 5.74) is 6.03. The van der Waals surface area contributed by atoms with E-state index >= 15 is 0 Å². The summed E-state index contributed by atoms with van der Waals surface area (Å²) in [4.78, 5) is 27.8. The van der Waals surface area contributed by atoms with E-state index in [0.29, 0.717) is 25.6 Å². The first-order chi connectivity index (χ1) is 16.8. The van der Waals surface area contributed by atoms with Gasteiger partial charge in [0, 0.05) is 30.9 Å². The van der Waals surface area contributed by atoms with Crippen molar-refractivity contribution in [3.05, 3.63) is 82.7 Å². The number of aromatic nitrogens is 2. The zero-order valence-electron chi connectivity index (χ0n) is 21.0. The van der Waals surface area contributed by atoms with Gasteiger partial charge in [0.1, 0.15) is 6.04 Å². The second kappa shape index (κ2) is 10.9. The Labute approximate surface area is 207 Å². The zero-order valence-corrected chi connectivity index (χ0v) is 21.0. The first kappa shape index (κ1) is 24.7. The Morgan fingerprint density at radius 1 is 1.11 bits per heavy atom. The lowest BCUT2D eigenvalue weighted by molar-refractivity contribution is -0.131. The van der Waals surface area contributed by atoms with E-state index in [-0.39, 0.29) is 18.4 Å². The Hall–Kier alpha value is -3.45. The van der Waals surface area contributed by atoms with Crippen molar-refractivity contribution in [2.24, 2.45) is 0 Å². The molecule has 2 heterocycles. The fraction of sp³-hybridized carbons (Fsp3) is 0.393. The molecule has 2 N–H and O–H groups in total. The monoisotopic (exact) mass is 473 g/mol. The molecule has 0 saturated carbocycles. The first-order valence-corrected chi connectivity index (χ1v) is 12.3. The smallest absolute Gasteiger partial charge is 0.242 e. The van der Waals surface area contributed by atoms with Crippen molar-refractivity contribution < 1.29 is 9.59 Å². The number of carbonyl (C=O) groups excluding carboxylic acids is 2. The topological polar surface area (TPSA) is 79.3 Å². The van der Waals surface area contributed by atoms with Crippen molar-refractivity contribution in [2.45, 2.75) is 46.1 Å². The lowest BCUT2D eigenvalue weighted by atomic mass is 10.00. The van der Waals surface area contributed by atoms with Gasteiger partial charge in [-0.05, 0) is 49.4 Å². The predicted molar refractivity (Wildman–Crippen MR) is 138 cm³/mol. The molecule has 1 saturated heterocycles. The van der Waals surface area contributed by atoms with Crippen LogP contribution in [0.4, 0.5) is 0 Å². The number of benzene rings is 2. The highest BCUT2D eigenvalue weighted by molar-refractivity contribution is 5.86. The van der Waals surface area contributed by atoms with Crippen molar-refractivity contribution in [3.8, 4) is 5.69 Å². The van der Waals surface area contributed by atoms with Gasteiger partial charge in [0.05, 0.1) is 17.9 Å². The molecule has 1 aromatic heterocycles. The second-order valence-electron chi connectivity index (χ2n) is 9.49. The highest BCUT2D eigenvalue weighted by Crippen LogP contribution is 2.30. The summed E-state index contributed by atoms with van der Waals surface area (Å²) < 4.78 is 1.87. The van der Waals surface area contributed by atoms with E-state index in [1.165, 1.54) is 11.1 Å². The largest absolute Gasteiger partial charge is 0.355 e. The third kappa shape index (κ3) is 5.62. The third-order valence-electron chi connectivity index (χ3n) is 6.66. The SMILES string of the molecule is Cc1nn(-c2ccccc2)c(C)c1C1C(=O)NCCN1CC(=O)NCCc1ccc(C(C)C)cc1. The Kier molecular flexibility index (Phi) is 7.66. The molecule has 0 spiro atoms. The summed E-state index contributed by atoms with van der Waals surface area (Å²) in [7, 11) is 0. The van der Waals surface area contributed by atoms with Crippen LogP contribution < -0.4 is 10.6 Å². The van der Waals surface area contributed by atoms with Crippen LogP contribution in [0.2, 0.25) is 0 Å². The summed E-state index contributed by atoms with van der Waals surface area (Å²) in [5, 5.41) is 10.7. The third-order valence-corrected chi connectivity index (χ3v) is 6.66. The van der Waals surface area contributed by atoms with Crippen LogP contribution in [0, 0.1) is 13.8 Å². The van der Waals surface area contributed by atoms with Crippen LogP contribution in [0.5, 0.6) is 0 Å². The average molecular weight is 474 g/mol. The highest BCUT2D eigenvalue weighted by atomic mass is 16.2. The van der Waals surface area contributed by atoms with Crippen molar-refractivity contribution in [3.63, 3.8) is 0 Å². The minimum absolute atomic E-state index is 0.0748. The van der Waals surface area contributed by atoms with Crippen LogP contribution >= 0.6 is 0 Å². The van der Waals surface area contributed by atoms with Gasteiger partial charge in [-0.2, -0.15) is 5.10 Å². The number of nitrogens with one attached hydrogen (secondary N) is 2. The predicted octanol–water partition coefficient (Wildman–Crippen LogP) is 3.44. The summed E-state index contributed by atoms with van der Waals surface area (Å²) in [5.74, 6) is 0.341. The van der Waals surface area contributed by atoms with Gasteiger partial charge in [-0.1, -0.05) is 56.3 Å². The molecule has 7 heteroatoms. The Morgan fingerprint density at radius 3 is 2.51 bits per heavy atom. The van der Waals surface area contributed by atoms with E-state index in [4.69, 9.17) is 5.10 Å². The van der Waals surface area contributed by atoms with Gasteiger partial charge in [-0.15, -0.1) is 0 Å². The van der Waals surface area contributed by atoms with E-state index in [1.807, 2.05) is 53.8 Å². The zero-order chi connectivity index (χ0) is 24.9. The quantitative estimate of drug-likeness (QED) is 0.525. The molecule has 2 aromatic carbocycles. The van der Waals surface area contributed by atoms with Gasteiger partial charge >= 0.3 is 0 Å². The lowest BCUT2D eigenvalue weighted by Crippen LogP contribution is -2.53. The molecule has 0 bridgehead atoms.